The zero-order chi connectivity index (χ0) is 13.0. The number of hydrogen-bond acceptors (Lipinski definition) is 2. The zero-order valence-corrected chi connectivity index (χ0v) is 10.8. The average Bonchev–Trinajstić information content (AvgIpc) is 2.79. The summed E-state index contributed by atoms with van der Waals surface area (Å²) in [4.78, 5) is 4.12. The number of halogens is 1. The Morgan fingerprint density at radius 2 is 2.22 bits per heavy atom. The van der Waals surface area contributed by atoms with Gasteiger partial charge in [0.1, 0.15) is 5.82 Å². The molecule has 2 rings (SSSR count). The lowest BCUT2D eigenvalue weighted by molar-refractivity contribution is 0.618. The second kappa shape index (κ2) is 5.67. The molecular formula is C14H18FN3. The first-order chi connectivity index (χ1) is 8.72. The molecule has 1 N–H and O–H groups in total. The minimum atomic E-state index is -0.181. The van der Waals surface area contributed by atoms with Crippen molar-refractivity contribution in [2.75, 3.05) is 5.32 Å². The largest absolute Gasteiger partial charge is 0.377 e. The number of nitrogens with one attached hydrogen (secondary N) is 1. The predicted molar refractivity (Wildman–Crippen MR) is 71.0 cm³/mol. The van der Waals surface area contributed by atoms with Gasteiger partial charge in [0.05, 0.1) is 24.3 Å². The highest BCUT2D eigenvalue weighted by Crippen LogP contribution is 2.17. The molecule has 3 nitrogen and oxygen atoms in total. The second-order valence-electron chi connectivity index (χ2n) is 4.37. The topological polar surface area (TPSA) is 29.9 Å². The van der Waals surface area contributed by atoms with E-state index < -0.39 is 0 Å². The fourth-order valence-electron chi connectivity index (χ4n) is 1.91. The predicted octanol–water partition coefficient (Wildman–Crippen LogP) is 3.35. The first kappa shape index (κ1) is 12.6. The maximum Gasteiger partial charge on any atom is 0.149 e. The van der Waals surface area contributed by atoms with E-state index in [1.807, 2.05) is 18.6 Å². The first-order valence-corrected chi connectivity index (χ1v) is 6.20. The molecule has 0 aliphatic heterocycles. The fraction of sp³-hybridized carbons (Fsp3) is 0.357. The highest BCUT2D eigenvalue weighted by molar-refractivity contribution is 5.47. The molecule has 0 saturated heterocycles. The average molecular weight is 247 g/mol. The number of aromatic nitrogens is 2. The Morgan fingerprint density at radius 3 is 3.00 bits per heavy atom. The Balaban J connectivity index is 2.07. The minimum absolute atomic E-state index is 0.181. The van der Waals surface area contributed by atoms with Crippen LogP contribution in [0.25, 0.3) is 0 Å². The summed E-state index contributed by atoms with van der Waals surface area (Å²) in [6.45, 7) is 5.41. The second-order valence-corrected chi connectivity index (χ2v) is 4.37. The standard InChI is InChI=1S/C14H18FN3/c1-3-7-18-10-16-8-12(18)9-17-13-6-4-5-11(2)14(13)15/h4-6,8,10,17H,3,7,9H2,1-2H3. The van der Waals surface area contributed by atoms with Crippen molar-refractivity contribution in [2.45, 2.75) is 33.4 Å². The Hall–Kier alpha value is -1.84. The van der Waals surface area contributed by atoms with Crippen molar-refractivity contribution in [2.24, 2.45) is 0 Å². The van der Waals surface area contributed by atoms with E-state index in [1.165, 1.54) is 0 Å². The molecule has 0 amide bonds. The van der Waals surface area contributed by atoms with Gasteiger partial charge in [-0.2, -0.15) is 0 Å². The first-order valence-electron chi connectivity index (χ1n) is 6.20. The summed E-state index contributed by atoms with van der Waals surface area (Å²) in [6, 6.07) is 5.37. The monoisotopic (exact) mass is 247 g/mol. The van der Waals surface area contributed by atoms with Gasteiger partial charge in [-0.25, -0.2) is 9.37 Å². The SMILES string of the molecule is CCCn1cncc1CNc1cccc(C)c1F. The minimum Gasteiger partial charge on any atom is -0.377 e. The Bertz CT molecular complexity index is 520. The van der Waals surface area contributed by atoms with E-state index in [0.29, 0.717) is 17.8 Å². The van der Waals surface area contributed by atoms with Gasteiger partial charge < -0.3 is 9.88 Å². The molecule has 0 radical (unpaired) electrons. The number of rotatable bonds is 5. The van der Waals surface area contributed by atoms with Crippen molar-refractivity contribution in [3.05, 3.63) is 47.8 Å². The normalized spacial score (nSPS) is 10.6. The third-order valence-corrected chi connectivity index (χ3v) is 2.91. The molecular weight excluding hydrogens is 229 g/mol. The van der Waals surface area contributed by atoms with E-state index in [9.17, 15) is 4.39 Å². The van der Waals surface area contributed by atoms with E-state index in [-0.39, 0.29) is 5.82 Å². The summed E-state index contributed by atoms with van der Waals surface area (Å²) in [5.41, 5.74) is 2.26. The van der Waals surface area contributed by atoms with Crippen LogP contribution in [0.2, 0.25) is 0 Å². The lowest BCUT2D eigenvalue weighted by Crippen LogP contribution is -2.08. The van der Waals surface area contributed by atoms with E-state index >= 15 is 0 Å². The van der Waals surface area contributed by atoms with Gasteiger partial charge in [-0.05, 0) is 25.0 Å². The van der Waals surface area contributed by atoms with Crippen molar-refractivity contribution >= 4 is 5.69 Å². The maximum atomic E-state index is 13.8. The van der Waals surface area contributed by atoms with E-state index in [2.05, 4.69) is 21.8 Å². The summed E-state index contributed by atoms with van der Waals surface area (Å²) >= 11 is 0. The lowest BCUT2D eigenvalue weighted by Gasteiger charge is -2.10. The summed E-state index contributed by atoms with van der Waals surface area (Å²) < 4.78 is 15.9. The fourth-order valence-corrected chi connectivity index (χ4v) is 1.91. The number of nitrogens with zero attached hydrogens (tertiary/aromatic N) is 2. The van der Waals surface area contributed by atoms with Gasteiger partial charge in [-0.3, -0.25) is 0 Å². The van der Waals surface area contributed by atoms with Crippen molar-refractivity contribution in [1.82, 2.24) is 9.55 Å². The molecule has 4 heteroatoms. The smallest absolute Gasteiger partial charge is 0.149 e. The van der Waals surface area contributed by atoms with Gasteiger partial charge >= 0.3 is 0 Å². The van der Waals surface area contributed by atoms with Crippen molar-refractivity contribution in [3.8, 4) is 0 Å². The van der Waals surface area contributed by atoms with Gasteiger partial charge in [0.25, 0.3) is 0 Å². The highest BCUT2D eigenvalue weighted by Gasteiger charge is 2.06. The molecule has 1 aromatic carbocycles. The van der Waals surface area contributed by atoms with E-state index in [4.69, 9.17) is 0 Å². The van der Waals surface area contributed by atoms with Crippen LogP contribution in [0.5, 0.6) is 0 Å². The summed E-state index contributed by atoms with van der Waals surface area (Å²) in [6.07, 6.45) is 4.69. The van der Waals surface area contributed by atoms with E-state index in [1.54, 1.807) is 19.1 Å². The molecule has 18 heavy (non-hydrogen) atoms. The summed E-state index contributed by atoms with van der Waals surface area (Å²) in [7, 11) is 0. The third kappa shape index (κ3) is 2.70. The molecule has 1 aromatic heterocycles. The molecule has 0 atom stereocenters. The zero-order valence-electron chi connectivity index (χ0n) is 10.8. The molecule has 2 aromatic rings. The molecule has 0 unspecified atom stereocenters. The van der Waals surface area contributed by atoms with Crippen LogP contribution in [-0.4, -0.2) is 9.55 Å². The maximum absolute atomic E-state index is 13.8. The van der Waals surface area contributed by atoms with Crippen LogP contribution in [0.1, 0.15) is 24.6 Å². The van der Waals surface area contributed by atoms with Gasteiger partial charge in [-0.1, -0.05) is 19.1 Å². The highest BCUT2D eigenvalue weighted by atomic mass is 19.1. The van der Waals surface area contributed by atoms with Crippen LogP contribution < -0.4 is 5.32 Å². The van der Waals surface area contributed by atoms with Crippen LogP contribution in [0, 0.1) is 12.7 Å². The third-order valence-electron chi connectivity index (χ3n) is 2.91. The van der Waals surface area contributed by atoms with Gasteiger partial charge in [0, 0.05) is 12.7 Å². The molecule has 0 saturated carbocycles. The molecule has 0 bridgehead atoms. The Labute approximate surface area is 107 Å². The van der Waals surface area contributed by atoms with Crippen molar-refractivity contribution < 1.29 is 4.39 Å². The van der Waals surface area contributed by atoms with Gasteiger partial charge in [-0.15, -0.1) is 0 Å². The number of imidazole rings is 1. The number of aryl methyl sites for hydroxylation is 2. The Morgan fingerprint density at radius 1 is 1.39 bits per heavy atom. The lowest BCUT2D eigenvalue weighted by atomic mass is 10.2. The quantitative estimate of drug-likeness (QED) is 0.878. The Kier molecular flexibility index (Phi) is 3.97. The number of hydrogen-bond donors (Lipinski definition) is 1. The van der Waals surface area contributed by atoms with Crippen LogP contribution >= 0.6 is 0 Å². The van der Waals surface area contributed by atoms with Crippen LogP contribution in [0.3, 0.4) is 0 Å². The van der Waals surface area contributed by atoms with Crippen LogP contribution in [0.4, 0.5) is 10.1 Å². The molecule has 96 valence electrons. The number of anilines is 1. The van der Waals surface area contributed by atoms with Gasteiger partial charge in [0.15, 0.2) is 0 Å². The van der Waals surface area contributed by atoms with Crippen molar-refractivity contribution in [3.63, 3.8) is 0 Å². The molecule has 0 aliphatic rings. The van der Waals surface area contributed by atoms with Gasteiger partial charge in [0.2, 0.25) is 0 Å². The van der Waals surface area contributed by atoms with Crippen LogP contribution in [0.15, 0.2) is 30.7 Å². The molecule has 0 aliphatic carbocycles. The summed E-state index contributed by atoms with van der Waals surface area (Å²) in [5.74, 6) is -0.181. The molecule has 1 heterocycles. The number of benzene rings is 1. The summed E-state index contributed by atoms with van der Waals surface area (Å²) in [5, 5.41) is 3.12. The molecule has 0 spiro atoms. The van der Waals surface area contributed by atoms with E-state index in [0.717, 1.165) is 18.7 Å². The molecule has 0 fully saturated rings. The van der Waals surface area contributed by atoms with Crippen molar-refractivity contribution in [1.29, 1.82) is 0 Å². The van der Waals surface area contributed by atoms with Crippen LogP contribution in [-0.2, 0) is 13.1 Å².